The van der Waals surface area contributed by atoms with Gasteiger partial charge in [0.25, 0.3) is 5.91 Å². The summed E-state index contributed by atoms with van der Waals surface area (Å²) in [7, 11) is 0. The van der Waals surface area contributed by atoms with E-state index < -0.39 is 0 Å². The van der Waals surface area contributed by atoms with Crippen molar-refractivity contribution < 1.29 is 14.0 Å². The SMILES string of the molecule is Cc1ccc2c(c1)N(C1CCC(C(=O)NC(C)C)CC1)C(=NC(=O)c1ccc(F)cc1)C2. The van der Waals surface area contributed by atoms with Crippen molar-refractivity contribution in [2.75, 3.05) is 4.90 Å². The number of halogens is 1. The van der Waals surface area contributed by atoms with E-state index >= 15 is 0 Å². The second kappa shape index (κ2) is 9.23. The molecular weight excluding hydrogens is 405 g/mol. The van der Waals surface area contributed by atoms with Crippen LogP contribution >= 0.6 is 0 Å². The molecule has 32 heavy (non-hydrogen) atoms. The molecule has 1 N–H and O–H groups in total. The Kier molecular flexibility index (Phi) is 6.40. The number of carbonyl (C=O) groups excluding carboxylic acids is 2. The summed E-state index contributed by atoms with van der Waals surface area (Å²) in [5.74, 6) is 0.165. The first-order valence-electron chi connectivity index (χ1n) is 11.4. The highest BCUT2D eigenvalue weighted by molar-refractivity contribution is 6.12. The van der Waals surface area contributed by atoms with E-state index in [0.29, 0.717) is 12.0 Å². The summed E-state index contributed by atoms with van der Waals surface area (Å²) in [4.78, 5) is 31.9. The highest BCUT2D eigenvalue weighted by atomic mass is 19.1. The van der Waals surface area contributed by atoms with Crippen LogP contribution in [0.2, 0.25) is 0 Å². The van der Waals surface area contributed by atoms with Crippen LogP contribution in [0.1, 0.15) is 61.0 Å². The lowest BCUT2D eigenvalue weighted by Crippen LogP contribution is -2.44. The number of aliphatic imine (C=N–C) groups is 1. The van der Waals surface area contributed by atoms with E-state index in [0.717, 1.165) is 48.3 Å². The van der Waals surface area contributed by atoms with Crippen LogP contribution in [0.25, 0.3) is 0 Å². The van der Waals surface area contributed by atoms with Crippen molar-refractivity contribution in [3.63, 3.8) is 0 Å². The minimum Gasteiger partial charge on any atom is -0.354 e. The van der Waals surface area contributed by atoms with Crippen molar-refractivity contribution in [2.24, 2.45) is 10.9 Å². The largest absolute Gasteiger partial charge is 0.354 e. The number of amides is 2. The van der Waals surface area contributed by atoms with Gasteiger partial charge in [0, 0.05) is 35.7 Å². The minimum absolute atomic E-state index is 0.0365. The van der Waals surface area contributed by atoms with Crippen LogP contribution in [-0.4, -0.2) is 29.7 Å². The fraction of sp³-hybridized carbons (Fsp3) is 0.423. The highest BCUT2D eigenvalue weighted by Crippen LogP contribution is 2.38. The van der Waals surface area contributed by atoms with Gasteiger partial charge in [0.2, 0.25) is 5.91 Å². The molecule has 4 rings (SSSR count). The van der Waals surface area contributed by atoms with Crippen molar-refractivity contribution in [3.8, 4) is 0 Å². The van der Waals surface area contributed by atoms with Gasteiger partial charge in [-0.05, 0) is 87.9 Å². The molecule has 0 saturated heterocycles. The zero-order chi connectivity index (χ0) is 22.8. The molecule has 0 spiro atoms. The number of amidine groups is 1. The van der Waals surface area contributed by atoms with Gasteiger partial charge in [0.15, 0.2) is 0 Å². The summed E-state index contributed by atoms with van der Waals surface area (Å²) in [6, 6.07) is 12.2. The third kappa shape index (κ3) is 4.74. The minimum atomic E-state index is -0.377. The van der Waals surface area contributed by atoms with Crippen molar-refractivity contribution >= 4 is 23.3 Å². The first-order valence-corrected chi connectivity index (χ1v) is 11.4. The normalized spacial score (nSPS) is 21.7. The summed E-state index contributed by atoms with van der Waals surface area (Å²) >= 11 is 0. The standard InChI is InChI=1S/C26H30FN3O2/c1-16(2)28-25(31)19-8-12-22(13-9-19)30-23-14-17(3)4-5-20(23)15-24(30)29-26(32)18-6-10-21(27)11-7-18/h4-7,10-11,14,16,19,22H,8-9,12-13,15H2,1-3H3,(H,28,31). The highest BCUT2D eigenvalue weighted by Gasteiger charge is 2.36. The molecule has 2 aromatic rings. The van der Waals surface area contributed by atoms with Crippen LogP contribution in [0.4, 0.5) is 10.1 Å². The molecule has 1 aliphatic heterocycles. The van der Waals surface area contributed by atoms with E-state index in [1.54, 1.807) is 0 Å². The lowest BCUT2D eigenvalue weighted by atomic mass is 9.84. The van der Waals surface area contributed by atoms with Crippen molar-refractivity contribution in [1.29, 1.82) is 0 Å². The lowest BCUT2D eigenvalue weighted by molar-refractivity contribution is -0.126. The molecule has 5 nitrogen and oxygen atoms in total. The van der Waals surface area contributed by atoms with Crippen LogP contribution in [0.15, 0.2) is 47.5 Å². The average molecular weight is 436 g/mol. The van der Waals surface area contributed by atoms with Crippen molar-refractivity contribution in [1.82, 2.24) is 5.32 Å². The predicted molar refractivity (Wildman–Crippen MR) is 125 cm³/mol. The zero-order valence-electron chi connectivity index (χ0n) is 18.9. The fourth-order valence-corrected chi connectivity index (χ4v) is 4.72. The number of benzene rings is 2. The smallest absolute Gasteiger partial charge is 0.278 e. The van der Waals surface area contributed by atoms with Crippen LogP contribution in [0.3, 0.4) is 0 Å². The Morgan fingerprint density at radius 3 is 2.41 bits per heavy atom. The molecule has 1 heterocycles. The Morgan fingerprint density at radius 1 is 1.06 bits per heavy atom. The van der Waals surface area contributed by atoms with Crippen LogP contribution in [-0.2, 0) is 11.2 Å². The monoisotopic (exact) mass is 435 g/mol. The molecule has 1 aliphatic carbocycles. The molecule has 0 unspecified atom stereocenters. The molecule has 2 amide bonds. The third-order valence-corrected chi connectivity index (χ3v) is 6.31. The number of hydrogen-bond acceptors (Lipinski definition) is 2. The summed E-state index contributed by atoms with van der Waals surface area (Å²) in [5.41, 5.74) is 3.79. The molecule has 168 valence electrons. The van der Waals surface area contributed by atoms with E-state index in [2.05, 4.69) is 40.3 Å². The molecule has 0 atom stereocenters. The van der Waals surface area contributed by atoms with E-state index in [1.807, 2.05) is 13.8 Å². The van der Waals surface area contributed by atoms with Gasteiger partial charge in [-0.25, -0.2) is 4.39 Å². The number of nitrogens with zero attached hydrogens (tertiary/aromatic N) is 2. The second-order valence-electron chi connectivity index (χ2n) is 9.19. The third-order valence-electron chi connectivity index (χ3n) is 6.31. The first kappa shape index (κ1) is 22.2. The van der Waals surface area contributed by atoms with Gasteiger partial charge in [0.1, 0.15) is 11.7 Å². The van der Waals surface area contributed by atoms with Gasteiger partial charge < -0.3 is 10.2 Å². The Bertz CT molecular complexity index is 1040. The van der Waals surface area contributed by atoms with E-state index in [1.165, 1.54) is 24.3 Å². The van der Waals surface area contributed by atoms with E-state index in [9.17, 15) is 14.0 Å². The molecule has 0 radical (unpaired) electrons. The van der Waals surface area contributed by atoms with Gasteiger partial charge in [-0.3, -0.25) is 9.59 Å². The number of nitrogens with one attached hydrogen (secondary N) is 1. The summed E-state index contributed by atoms with van der Waals surface area (Å²) in [6.07, 6.45) is 3.97. The molecule has 1 fully saturated rings. The maximum absolute atomic E-state index is 13.3. The van der Waals surface area contributed by atoms with Gasteiger partial charge in [-0.15, -0.1) is 0 Å². The fourth-order valence-electron chi connectivity index (χ4n) is 4.72. The molecule has 2 aliphatic rings. The Morgan fingerprint density at radius 2 is 1.75 bits per heavy atom. The lowest BCUT2D eigenvalue weighted by Gasteiger charge is -2.36. The first-order chi connectivity index (χ1) is 15.3. The van der Waals surface area contributed by atoms with Gasteiger partial charge >= 0.3 is 0 Å². The van der Waals surface area contributed by atoms with E-state index in [-0.39, 0.29) is 35.6 Å². The van der Waals surface area contributed by atoms with Crippen LogP contribution in [0.5, 0.6) is 0 Å². The maximum Gasteiger partial charge on any atom is 0.278 e. The van der Waals surface area contributed by atoms with Crippen molar-refractivity contribution in [3.05, 3.63) is 65.0 Å². The molecule has 1 saturated carbocycles. The number of hydrogen-bond donors (Lipinski definition) is 1. The number of anilines is 1. The number of carbonyl (C=O) groups is 2. The summed E-state index contributed by atoms with van der Waals surface area (Å²) in [5, 5.41) is 3.03. The molecule has 2 aromatic carbocycles. The summed E-state index contributed by atoms with van der Waals surface area (Å²) in [6.45, 7) is 6.02. The number of fused-ring (bicyclic) bond motifs is 1. The second-order valence-corrected chi connectivity index (χ2v) is 9.19. The molecular formula is C26H30FN3O2. The Labute approximate surface area is 188 Å². The number of rotatable bonds is 4. The van der Waals surface area contributed by atoms with Gasteiger partial charge in [-0.2, -0.15) is 4.99 Å². The summed E-state index contributed by atoms with van der Waals surface area (Å²) < 4.78 is 13.3. The molecule has 6 heteroatoms. The van der Waals surface area contributed by atoms with Crippen LogP contribution in [0, 0.1) is 18.7 Å². The Hall–Kier alpha value is -3.02. The topological polar surface area (TPSA) is 61.8 Å². The quantitative estimate of drug-likeness (QED) is 0.749. The molecule has 0 bridgehead atoms. The maximum atomic E-state index is 13.3. The van der Waals surface area contributed by atoms with Crippen LogP contribution < -0.4 is 10.2 Å². The zero-order valence-corrected chi connectivity index (χ0v) is 18.9. The Balaban J connectivity index is 1.57. The van der Waals surface area contributed by atoms with Crippen molar-refractivity contribution in [2.45, 2.75) is 65.0 Å². The number of aryl methyl sites for hydroxylation is 1. The molecule has 0 aromatic heterocycles. The predicted octanol–water partition coefficient (Wildman–Crippen LogP) is 4.82. The van der Waals surface area contributed by atoms with Gasteiger partial charge in [-0.1, -0.05) is 12.1 Å². The van der Waals surface area contributed by atoms with E-state index in [4.69, 9.17) is 0 Å². The van der Waals surface area contributed by atoms with Gasteiger partial charge in [0.05, 0.1) is 0 Å². The average Bonchev–Trinajstić information content (AvgIpc) is 3.10.